The lowest BCUT2D eigenvalue weighted by molar-refractivity contribution is 0.397. The second-order valence-corrected chi connectivity index (χ2v) is 4.44. The number of hydrogen-bond acceptors (Lipinski definition) is 2. The van der Waals surface area contributed by atoms with Crippen molar-refractivity contribution in [2.75, 3.05) is 33.7 Å². The van der Waals surface area contributed by atoms with Crippen molar-refractivity contribution < 1.29 is 0 Å². The Labute approximate surface area is 83.7 Å². The lowest BCUT2D eigenvalue weighted by Crippen LogP contribution is -2.27. The first-order valence-electron chi connectivity index (χ1n) is 5.48. The largest absolute Gasteiger partial charge is 0.315 e. The van der Waals surface area contributed by atoms with Gasteiger partial charge in [-0.2, -0.15) is 0 Å². The average molecular weight is 186 g/mol. The molecule has 0 bridgehead atoms. The molecule has 0 aliphatic rings. The third-order valence-corrected chi connectivity index (χ3v) is 2.12. The van der Waals surface area contributed by atoms with Crippen LogP contribution in [0.4, 0.5) is 0 Å². The van der Waals surface area contributed by atoms with E-state index in [-0.39, 0.29) is 0 Å². The number of rotatable bonds is 8. The Morgan fingerprint density at radius 3 is 2.31 bits per heavy atom. The van der Waals surface area contributed by atoms with Gasteiger partial charge in [0, 0.05) is 13.1 Å². The summed E-state index contributed by atoms with van der Waals surface area (Å²) < 4.78 is 0. The van der Waals surface area contributed by atoms with Crippen LogP contribution in [-0.2, 0) is 0 Å². The summed E-state index contributed by atoms with van der Waals surface area (Å²) in [7, 11) is 4.22. The van der Waals surface area contributed by atoms with Crippen LogP contribution in [0, 0.1) is 5.92 Å². The quantitative estimate of drug-likeness (QED) is 0.583. The highest BCUT2D eigenvalue weighted by Crippen LogP contribution is 2.04. The second-order valence-electron chi connectivity index (χ2n) is 4.44. The van der Waals surface area contributed by atoms with Crippen LogP contribution in [0.3, 0.4) is 0 Å². The summed E-state index contributed by atoms with van der Waals surface area (Å²) in [6, 6.07) is 0. The number of unbranched alkanes of at least 4 members (excludes halogenated alkanes) is 1. The van der Waals surface area contributed by atoms with Gasteiger partial charge in [0.25, 0.3) is 0 Å². The van der Waals surface area contributed by atoms with Crippen LogP contribution in [0.2, 0.25) is 0 Å². The van der Waals surface area contributed by atoms with Crippen LogP contribution in [0.1, 0.15) is 33.1 Å². The molecule has 0 aromatic carbocycles. The summed E-state index contributed by atoms with van der Waals surface area (Å²) >= 11 is 0. The molecule has 0 heterocycles. The molecule has 0 amide bonds. The summed E-state index contributed by atoms with van der Waals surface area (Å²) in [4.78, 5) is 2.21. The first-order valence-corrected chi connectivity index (χ1v) is 5.48. The zero-order chi connectivity index (χ0) is 10.1. The smallest absolute Gasteiger partial charge is 0.0101 e. The standard InChI is InChI=1S/C11H26N2/c1-11(2)7-5-6-8-12-9-10-13(3)4/h11-12H,5-10H2,1-4H3. The zero-order valence-corrected chi connectivity index (χ0v) is 9.77. The molecule has 0 rings (SSSR count). The van der Waals surface area contributed by atoms with Crippen molar-refractivity contribution in [2.45, 2.75) is 33.1 Å². The number of hydrogen-bond donors (Lipinski definition) is 1. The molecule has 0 aromatic rings. The van der Waals surface area contributed by atoms with Crippen molar-refractivity contribution in [3.63, 3.8) is 0 Å². The summed E-state index contributed by atoms with van der Waals surface area (Å²) in [5.74, 6) is 0.863. The van der Waals surface area contributed by atoms with E-state index in [2.05, 4.69) is 38.2 Å². The van der Waals surface area contributed by atoms with Crippen LogP contribution in [-0.4, -0.2) is 38.6 Å². The Balaban J connectivity index is 2.92. The van der Waals surface area contributed by atoms with Crippen molar-refractivity contribution in [2.24, 2.45) is 5.92 Å². The Hall–Kier alpha value is -0.0800. The summed E-state index contributed by atoms with van der Waals surface area (Å²) in [5, 5.41) is 3.45. The Morgan fingerprint density at radius 1 is 1.08 bits per heavy atom. The van der Waals surface area contributed by atoms with Gasteiger partial charge < -0.3 is 10.2 Å². The van der Waals surface area contributed by atoms with Crippen LogP contribution in [0.5, 0.6) is 0 Å². The molecule has 2 nitrogen and oxygen atoms in total. The van der Waals surface area contributed by atoms with Gasteiger partial charge in [-0.3, -0.25) is 0 Å². The minimum Gasteiger partial charge on any atom is -0.315 e. The normalized spacial score (nSPS) is 11.5. The van der Waals surface area contributed by atoms with E-state index in [9.17, 15) is 0 Å². The molecule has 0 saturated heterocycles. The summed E-state index contributed by atoms with van der Waals surface area (Å²) in [6.07, 6.45) is 4.06. The van der Waals surface area contributed by atoms with Gasteiger partial charge in [-0.25, -0.2) is 0 Å². The monoisotopic (exact) mass is 186 g/mol. The molecule has 0 spiro atoms. The molecule has 0 atom stereocenters. The molecule has 0 saturated carbocycles. The predicted octanol–water partition coefficient (Wildman–Crippen LogP) is 1.96. The molecule has 13 heavy (non-hydrogen) atoms. The van der Waals surface area contributed by atoms with E-state index < -0.39 is 0 Å². The van der Waals surface area contributed by atoms with Crippen molar-refractivity contribution in [1.82, 2.24) is 10.2 Å². The van der Waals surface area contributed by atoms with Crippen LogP contribution in [0.15, 0.2) is 0 Å². The van der Waals surface area contributed by atoms with Crippen molar-refractivity contribution >= 4 is 0 Å². The minimum atomic E-state index is 0.863. The van der Waals surface area contributed by atoms with Gasteiger partial charge in [0.2, 0.25) is 0 Å². The molecule has 0 radical (unpaired) electrons. The van der Waals surface area contributed by atoms with Crippen LogP contribution < -0.4 is 5.32 Å². The molecule has 0 aliphatic heterocycles. The first kappa shape index (κ1) is 12.9. The lowest BCUT2D eigenvalue weighted by atomic mass is 10.1. The third-order valence-electron chi connectivity index (χ3n) is 2.12. The molecule has 1 N–H and O–H groups in total. The number of nitrogens with zero attached hydrogens (tertiary/aromatic N) is 1. The van der Waals surface area contributed by atoms with Crippen molar-refractivity contribution in [3.05, 3.63) is 0 Å². The maximum Gasteiger partial charge on any atom is 0.0101 e. The van der Waals surface area contributed by atoms with E-state index in [1.165, 1.54) is 25.8 Å². The van der Waals surface area contributed by atoms with E-state index in [0.717, 1.165) is 19.0 Å². The highest BCUT2D eigenvalue weighted by Gasteiger charge is 1.94. The first-order chi connectivity index (χ1) is 6.13. The molecule has 0 unspecified atom stereocenters. The Bertz CT molecular complexity index is 88.3. The fourth-order valence-corrected chi connectivity index (χ4v) is 1.23. The van der Waals surface area contributed by atoms with Gasteiger partial charge in [-0.05, 0) is 33.0 Å². The topological polar surface area (TPSA) is 15.3 Å². The third kappa shape index (κ3) is 11.9. The SMILES string of the molecule is CC(C)CCCCNCCN(C)C. The van der Waals surface area contributed by atoms with E-state index in [4.69, 9.17) is 0 Å². The fourth-order valence-electron chi connectivity index (χ4n) is 1.23. The molecule has 80 valence electrons. The Morgan fingerprint density at radius 2 is 1.77 bits per heavy atom. The van der Waals surface area contributed by atoms with Gasteiger partial charge in [0.1, 0.15) is 0 Å². The van der Waals surface area contributed by atoms with E-state index >= 15 is 0 Å². The second kappa shape index (κ2) is 8.52. The molecular formula is C11H26N2. The molecule has 0 aromatic heterocycles. The molecule has 0 aliphatic carbocycles. The number of nitrogens with one attached hydrogen (secondary N) is 1. The maximum atomic E-state index is 3.45. The highest BCUT2D eigenvalue weighted by atomic mass is 15.1. The van der Waals surface area contributed by atoms with Gasteiger partial charge >= 0.3 is 0 Å². The predicted molar refractivity (Wildman–Crippen MR) is 60.1 cm³/mol. The van der Waals surface area contributed by atoms with Gasteiger partial charge in [-0.15, -0.1) is 0 Å². The zero-order valence-electron chi connectivity index (χ0n) is 9.77. The van der Waals surface area contributed by atoms with Gasteiger partial charge in [0.15, 0.2) is 0 Å². The Kier molecular flexibility index (Phi) is 8.46. The molecule has 0 fully saturated rings. The van der Waals surface area contributed by atoms with Crippen molar-refractivity contribution in [1.29, 1.82) is 0 Å². The van der Waals surface area contributed by atoms with E-state index in [1.54, 1.807) is 0 Å². The van der Waals surface area contributed by atoms with E-state index in [0.29, 0.717) is 0 Å². The molecule has 2 heteroatoms. The van der Waals surface area contributed by atoms with Crippen LogP contribution >= 0.6 is 0 Å². The van der Waals surface area contributed by atoms with Crippen molar-refractivity contribution in [3.8, 4) is 0 Å². The average Bonchev–Trinajstić information content (AvgIpc) is 2.01. The van der Waals surface area contributed by atoms with E-state index in [1.807, 2.05) is 0 Å². The summed E-state index contributed by atoms with van der Waals surface area (Å²) in [5.41, 5.74) is 0. The van der Waals surface area contributed by atoms with Gasteiger partial charge in [-0.1, -0.05) is 26.7 Å². The highest BCUT2D eigenvalue weighted by molar-refractivity contribution is 4.52. The minimum absolute atomic E-state index is 0.863. The molecular weight excluding hydrogens is 160 g/mol. The fraction of sp³-hybridized carbons (Fsp3) is 1.00. The number of likely N-dealkylation sites (N-methyl/N-ethyl adjacent to an activating group) is 1. The lowest BCUT2D eigenvalue weighted by Gasteiger charge is -2.10. The summed E-state index contributed by atoms with van der Waals surface area (Å²) in [6.45, 7) is 8.03. The van der Waals surface area contributed by atoms with Crippen LogP contribution in [0.25, 0.3) is 0 Å². The maximum absolute atomic E-state index is 3.45. The van der Waals surface area contributed by atoms with Gasteiger partial charge in [0.05, 0.1) is 0 Å².